The topological polar surface area (TPSA) is 66.5 Å². The first-order valence-electron chi connectivity index (χ1n) is 9.90. The van der Waals surface area contributed by atoms with Crippen LogP contribution < -0.4 is 5.32 Å². The minimum absolute atomic E-state index is 0.0555. The highest BCUT2D eigenvalue weighted by Crippen LogP contribution is 2.32. The lowest BCUT2D eigenvalue weighted by Gasteiger charge is -2.30. The fourth-order valence-electron chi connectivity index (χ4n) is 4.28. The number of rotatable bonds is 5. The molecule has 0 radical (unpaired) electrons. The number of benzene rings is 1. The normalized spacial score (nSPS) is 21.7. The van der Waals surface area contributed by atoms with Crippen molar-refractivity contribution in [2.24, 2.45) is 5.92 Å². The van der Waals surface area contributed by atoms with E-state index in [1.807, 2.05) is 4.90 Å². The number of carbonyl (C=O) groups is 1. The third-order valence-corrected chi connectivity index (χ3v) is 7.52. The van der Waals surface area contributed by atoms with E-state index < -0.39 is 9.84 Å². The van der Waals surface area contributed by atoms with Gasteiger partial charge in [0.2, 0.25) is 0 Å². The van der Waals surface area contributed by atoms with Gasteiger partial charge in [-0.15, -0.1) is 0 Å². The molecule has 1 unspecified atom stereocenters. The van der Waals surface area contributed by atoms with Gasteiger partial charge in [-0.1, -0.05) is 45.1 Å². The molecular formula is C20H30N2O3S. The van der Waals surface area contributed by atoms with Crippen molar-refractivity contribution in [1.29, 1.82) is 0 Å². The number of nitrogens with zero attached hydrogens (tertiary/aromatic N) is 1. The Hall–Kier alpha value is -1.56. The maximum atomic E-state index is 12.8. The van der Waals surface area contributed by atoms with Crippen LogP contribution in [0.3, 0.4) is 0 Å². The Labute approximate surface area is 157 Å². The molecule has 26 heavy (non-hydrogen) atoms. The number of anilines is 1. The van der Waals surface area contributed by atoms with E-state index in [0.717, 1.165) is 31.7 Å². The molecule has 1 saturated heterocycles. The molecule has 1 N–H and O–H groups in total. The zero-order chi connectivity index (χ0) is 18.6. The minimum Gasteiger partial charge on any atom is -0.322 e. The molecule has 1 aromatic carbocycles. The molecule has 2 amide bonds. The first-order chi connectivity index (χ1) is 12.5. The van der Waals surface area contributed by atoms with Gasteiger partial charge in [0.05, 0.1) is 10.6 Å². The van der Waals surface area contributed by atoms with Gasteiger partial charge >= 0.3 is 6.03 Å². The summed E-state index contributed by atoms with van der Waals surface area (Å²) in [6.07, 6.45) is 9.82. The fourth-order valence-corrected chi connectivity index (χ4v) is 5.21. The molecule has 0 aromatic heterocycles. The summed E-state index contributed by atoms with van der Waals surface area (Å²) in [5.74, 6) is 0.806. The predicted molar refractivity (Wildman–Crippen MR) is 104 cm³/mol. The van der Waals surface area contributed by atoms with Crippen molar-refractivity contribution in [3.05, 3.63) is 24.3 Å². The van der Waals surface area contributed by atoms with E-state index in [1.165, 1.54) is 32.1 Å². The average molecular weight is 379 g/mol. The van der Waals surface area contributed by atoms with Gasteiger partial charge in [-0.2, -0.15) is 0 Å². The Kier molecular flexibility index (Phi) is 6.22. The minimum atomic E-state index is -3.27. The summed E-state index contributed by atoms with van der Waals surface area (Å²) in [5.41, 5.74) is 0.549. The van der Waals surface area contributed by atoms with Crippen molar-refractivity contribution in [3.63, 3.8) is 0 Å². The van der Waals surface area contributed by atoms with Crippen molar-refractivity contribution >= 4 is 21.6 Å². The molecule has 2 aliphatic rings. The highest BCUT2D eigenvalue weighted by atomic mass is 32.2. The van der Waals surface area contributed by atoms with Gasteiger partial charge in [0.15, 0.2) is 9.84 Å². The van der Waals surface area contributed by atoms with Crippen LogP contribution in [-0.2, 0) is 9.84 Å². The Morgan fingerprint density at radius 3 is 2.65 bits per heavy atom. The monoisotopic (exact) mass is 378 g/mol. The van der Waals surface area contributed by atoms with E-state index in [0.29, 0.717) is 11.7 Å². The number of hydrogen-bond donors (Lipinski definition) is 1. The van der Waals surface area contributed by atoms with E-state index in [2.05, 4.69) is 5.32 Å². The number of sulfone groups is 1. The Bertz CT molecular complexity index is 726. The first-order valence-corrected chi connectivity index (χ1v) is 11.6. The highest BCUT2D eigenvalue weighted by molar-refractivity contribution is 7.91. The molecule has 1 atom stereocenters. The lowest BCUT2D eigenvalue weighted by Crippen LogP contribution is -2.39. The summed E-state index contributed by atoms with van der Waals surface area (Å²) in [7, 11) is -3.27. The van der Waals surface area contributed by atoms with Gasteiger partial charge in [-0.25, -0.2) is 13.2 Å². The summed E-state index contributed by atoms with van der Waals surface area (Å²) in [4.78, 5) is 15.0. The van der Waals surface area contributed by atoms with E-state index >= 15 is 0 Å². The van der Waals surface area contributed by atoms with E-state index in [1.54, 1.807) is 31.2 Å². The smallest absolute Gasteiger partial charge is 0.322 e. The molecule has 1 aliphatic heterocycles. The van der Waals surface area contributed by atoms with Gasteiger partial charge in [0, 0.05) is 18.3 Å². The second kappa shape index (κ2) is 8.42. The Morgan fingerprint density at radius 2 is 1.92 bits per heavy atom. The number of hydrogen-bond acceptors (Lipinski definition) is 3. The molecule has 5 nitrogen and oxygen atoms in total. The summed E-state index contributed by atoms with van der Waals surface area (Å²) in [6.45, 7) is 2.41. The molecule has 1 saturated carbocycles. The van der Waals surface area contributed by atoms with E-state index in [4.69, 9.17) is 0 Å². The molecule has 3 rings (SSSR count). The molecule has 0 spiro atoms. The summed E-state index contributed by atoms with van der Waals surface area (Å²) < 4.78 is 24.1. The number of nitrogens with one attached hydrogen (secondary N) is 1. The van der Waals surface area contributed by atoms with Crippen LogP contribution in [0.25, 0.3) is 0 Å². The summed E-state index contributed by atoms with van der Waals surface area (Å²) >= 11 is 0. The van der Waals surface area contributed by atoms with Crippen LogP contribution in [0.5, 0.6) is 0 Å². The second-order valence-electron chi connectivity index (χ2n) is 7.59. The zero-order valence-corrected chi connectivity index (χ0v) is 16.4. The maximum absolute atomic E-state index is 12.8. The summed E-state index contributed by atoms with van der Waals surface area (Å²) in [6, 6.07) is 6.79. The van der Waals surface area contributed by atoms with Crippen LogP contribution in [0.4, 0.5) is 10.5 Å². The Balaban J connectivity index is 1.64. The van der Waals surface area contributed by atoms with E-state index in [9.17, 15) is 13.2 Å². The summed E-state index contributed by atoms with van der Waals surface area (Å²) in [5, 5.41) is 2.91. The van der Waals surface area contributed by atoms with Crippen molar-refractivity contribution in [1.82, 2.24) is 4.90 Å². The van der Waals surface area contributed by atoms with Crippen molar-refractivity contribution in [3.8, 4) is 0 Å². The van der Waals surface area contributed by atoms with Crippen molar-refractivity contribution in [2.45, 2.75) is 69.2 Å². The molecule has 1 aromatic rings. The molecule has 2 fully saturated rings. The van der Waals surface area contributed by atoms with Crippen LogP contribution in [0.2, 0.25) is 0 Å². The van der Waals surface area contributed by atoms with Crippen LogP contribution in [-0.4, -0.2) is 37.7 Å². The van der Waals surface area contributed by atoms with Gasteiger partial charge in [-0.05, 0) is 43.4 Å². The van der Waals surface area contributed by atoms with Crippen LogP contribution in [0, 0.1) is 5.92 Å². The highest BCUT2D eigenvalue weighted by Gasteiger charge is 2.31. The van der Waals surface area contributed by atoms with Gasteiger partial charge in [-0.3, -0.25) is 0 Å². The predicted octanol–water partition coefficient (Wildman–Crippen LogP) is 4.45. The average Bonchev–Trinajstić information content (AvgIpc) is 3.11. The molecule has 144 valence electrons. The van der Waals surface area contributed by atoms with Gasteiger partial charge in [0.1, 0.15) is 0 Å². The maximum Gasteiger partial charge on any atom is 0.322 e. The lowest BCUT2D eigenvalue weighted by molar-refractivity contribution is 0.190. The van der Waals surface area contributed by atoms with Gasteiger partial charge < -0.3 is 10.2 Å². The van der Waals surface area contributed by atoms with Crippen LogP contribution >= 0.6 is 0 Å². The van der Waals surface area contributed by atoms with Crippen LogP contribution in [0.15, 0.2) is 29.2 Å². The molecule has 1 heterocycles. The molecule has 6 heteroatoms. The largest absolute Gasteiger partial charge is 0.322 e. The standard InChI is InChI=1S/C20H30N2O3S/c1-2-26(24,25)19-12-6-10-17(15-19)21-20(23)22-13-7-11-18(22)14-16-8-4-3-5-9-16/h6,10,12,15-16,18H,2-5,7-9,11,13-14H2,1H3,(H,21,23). The lowest BCUT2D eigenvalue weighted by atomic mass is 9.84. The van der Waals surface area contributed by atoms with Gasteiger partial charge in [0.25, 0.3) is 0 Å². The number of carbonyl (C=O) groups excluding carboxylic acids is 1. The zero-order valence-electron chi connectivity index (χ0n) is 15.6. The van der Waals surface area contributed by atoms with Crippen LogP contribution in [0.1, 0.15) is 58.3 Å². The fraction of sp³-hybridized carbons (Fsp3) is 0.650. The second-order valence-corrected chi connectivity index (χ2v) is 9.87. The number of amides is 2. The van der Waals surface area contributed by atoms with Crippen molar-refractivity contribution in [2.75, 3.05) is 17.6 Å². The number of urea groups is 1. The Morgan fingerprint density at radius 1 is 1.15 bits per heavy atom. The molecule has 1 aliphatic carbocycles. The third-order valence-electron chi connectivity index (χ3n) is 5.79. The third kappa shape index (κ3) is 4.58. The molecular weight excluding hydrogens is 348 g/mol. The quantitative estimate of drug-likeness (QED) is 0.823. The SMILES string of the molecule is CCS(=O)(=O)c1cccc(NC(=O)N2CCCC2CC2CCCCC2)c1. The number of likely N-dealkylation sites (tertiary alicyclic amines) is 1. The van der Waals surface area contributed by atoms with Crippen molar-refractivity contribution < 1.29 is 13.2 Å². The first kappa shape index (κ1) is 19.2. The molecule has 0 bridgehead atoms. The van der Waals surface area contributed by atoms with E-state index in [-0.39, 0.29) is 16.7 Å².